The maximum absolute atomic E-state index is 10.8. The number of aromatic nitrogens is 1. The molecule has 8 nitrogen and oxygen atoms in total. The molecule has 1 aromatic heterocycles. The van der Waals surface area contributed by atoms with Crippen LogP contribution in [0.3, 0.4) is 0 Å². The van der Waals surface area contributed by atoms with Crippen LogP contribution in [0.4, 0.5) is 11.5 Å². The van der Waals surface area contributed by atoms with E-state index in [0.29, 0.717) is 12.4 Å². The minimum atomic E-state index is -0.596. The molecule has 0 spiro atoms. The molecule has 8 heteroatoms. The first-order valence-electron chi connectivity index (χ1n) is 6.79. The number of aliphatic hydroxyl groups excluding tert-OH is 1. The molecule has 1 saturated heterocycles. The van der Waals surface area contributed by atoms with Gasteiger partial charge < -0.3 is 10.0 Å². The third-order valence-electron chi connectivity index (χ3n) is 3.49. The Labute approximate surface area is 122 Å². The average Bonchev–Trinajstić information content (AvgIpc) is 2.72. The van der Waals surface area contributed by atoms with E-state index in [-0.39, 0.29) is 18.0 Å². The van der Waals surface area contributed by atoms with Gasteiger partial charge >= 0.3 is 5.69 Å². The minimum Gasteiger partial charge on any atom is -0.395 e. The molecule has 0 bridgehead atoms. The van der Waals surface area contributed by atoms with E-state index in [1.807, 2.05) is 4.90 Å². The van der Waals surface area contributed by atoms with Gasteiger partial charge in [0.1, 0.15) is 11.9 Å². The number of rotatable bonds is 4. The van der Waals surface area contributed by atoms with E-state index in [9.17, 15) is 10.1 Å². The lowest BCUT2D eigenvalue weighted by molar-refractivity contribution is -0.385. The molecule has 21 heavy (non-hydrogen) atoms. The molecule has 1 fully saturated rings. The van der Waals surface area contributed by atoms with Gasteiger partial charge in [0.2, 0.25) is 5.69 Å². The number of β-amino-alcohol motifs (C(OH)–C–C–N with tert-alkyl or cyclic N) is 1. The lowest BCUT2D eigenvalue weighted by Gasteiger charge is -2.22. The van der Waals surface area contributed by atoms with Crippen LogP contribution in [0.5, 0.6) is 0 Å². The van der Waals surface area contributed by atoms with Crippen LogP contribution in [0.2, 0.25) is 0 Å². The van der Waals surface area contributed by atoms with Gasteiger partial charge in [-0.1, -0.05) is 0 Å². The molecular formula is C13H17N5O3. The molecule has 0 aromatic carbocycles. The maximum atomic E-state index is 10.8. The highest BCUT2D eigenvalue weighted by Crippen LogP contribution is 2.21. The van der Waals surface area contributed by atoms with Gasteiger partial charge in [0.15, 0.2) is 0 Å². The second kappa shape index (κ2) is 6.97. The van der Waals surface area contributed by atoms with Crippen molar-refractivity contribution < 1.29 is 10.0 Å². The Morgan fingerprint density at radius 3 is 2.86 bits per heavy atom. The van der Waals surface area contributed by atoms with E-state index in [1.54, 1.807) is 12.1 Å². The number of hydrogen-bond acceptors (Lipinski definition) is 7. The molecule has 1 N–H and O–H groups in total. The molecule has 0 saturated carbocycles. The van der Waals surface area contributed by atoms with Crippen LogP contribution in [0, 0.1) is 21.4 Å². The van der Waals surface area contributed by atoms with Gasteiger partial charge in [0, 0.05) is 32.2 Å². The molecule has 2 heterocycles. The number of nitro groups is 1. The summed E-state index contributed by atoms with van der Waals surface area (Å²) in [5, 5.41) is 28.8. The van der Waals surface area contributed by atoms with Crippen molar-refractivity contribution in [2.24, 2.45) is 0 Å². The zero-order valence-corrected chi connectivity index (χ0v) is 11.6. The fraction of sp³-hybridized carbons (Fsp3) is 0.538. The molecule has 2 rings (SSSR count). The van der Waals surface area contributed by atoms with Gasteiger partial charge in [-0.05, 0) is 19.0 Å². The first-order valence-corrected chi connectivity index (χ1v) is 6.79. The Kier molecular flexibility index (Phi) is 5.03. The number of aliphatic hydroxyl groups is 1. The molecule has 0 unspecified atom stereocenters. The summed E-state index contributed by atoms with van der Waals surface area (Å²) in [4.78, 5) is 18.5. The van der Waals surface area contributed by atoms with Crippen LogP contribution in [0.1, 0.15) is 12.1 Å². The number of pyridine rings is 1. The summed E-state index contributed by atoms with van der Waals surface area (Å²) in [6.45, 7) is 3.96. The van der Waals surface area contributed by atoms with Crippen LogP contribution in [-0.4, -0.2) is 59.2 Å². The molecule has 1 aromatic rings. The number of nitriles is 1. The molecule has 112 valence electrons. The van der Waals surface area contributed by atoms with E-state index < -0.39 is 4.92 Å². The summed E-state index contributed by atoms with van der Waals surface area (Å²) < 4.78 is 0. The molecule has 0 amide bonds. The summed E-state index contributed by atoms with van der Waals surface area (Å²) in [5.41, 5.74) is -0.424. The van der Waals surface area contributed by atoms with Crippen molar-refractivity contribution in [2.75, 3.05) is 44.2 Å². The van der Waals surface area contributed by atoms with Gasteiger partial charge in [0.25, 0.3) is 0 Å². The zero-order chi connectivity index (χ0) is 15.2. The minimum absolute atomic E-state index is 0.133. The van der Waals surface area contributed by atoms with E-state index >= 15 is 0 Å². The number of hydrogen-bond donors (Lipinski definition) is 1. The summed E-state index contributed by atoms with van der Waals surface area (Å²) in [6.07, 6.45) is 0.917. The van der Waals surface area contributed by atoms with Crippen LogP contribution in [0.25, 0.3) is 0 Å². The van der Waals surface area contributed by atoms with Crippen molar-refractivity contribution in [3.63, 3.8) is 0 Å². The van der Waals surface area contributed by atoms with Crippen LogP contribution in [-0.2, 0) is 0 Å². The highest BCUT2D eigenvalue weighted by molar-refractivity contribution is 5.51. The van der Waals surface area contributed by atoms with Gasteiger partial charge in [-0.3, -0.25) is 15.0 Å². The monoisotopic (exact) mass is 291 g/mol. The molecular weight excluding hydrogens is 274 g/mol. The van der Waals surface area contributed by atoms with Gasteiger partial charge in [-0.25, -0.2) is 4.98 Å². The Morgan fingerprint density at radius 2 is 2.19 bits per heavy atom. The Hall–Kier alpha value is -2.24. The second-order valence-corrected chi connectivity index (χ2v) is 4.81. The molecule has 0 atom stereocenters. The smallest absolute Gasteiger partial charge is 0.305 e. The van der Waals surface area contributed by atoms with Crippen molar-refractivity contribution in [2.45, 2.75) is 6.42 Å². The predicted molar refractivity (Wildman–Crippen MR) is 76.0 cm³/mol. The summed E-state index contributed by atoms with van der Waals surface area (Å²) >= 11 is 0. The third kappa shape index (κ3) is 3.65. The molecule has 1 aliphatic heterocycles. The predicted octanol–water partition coefficient (Wildman–Crippen LogP) is 0.366. The fourth-order valence-electron chi connectivity index (χ4n) is 2.41. The van der Waals surface area contributed by atoms with Crippen molar-refractivity contribution >= 4 is 11.5 Å². The molecule has 0 aliphatic carbocycles. The molecule has 0 radical (unpaired) electrons. The van der Waals surface area contributed by atoms with E-state index in [1.165, 1.54) is 6.07 Å². The summed E-state index contributed by atoms with van der Waals surface area (Å²) in [6, 6.07) is 4.69. The van der Waals surface area contributed by atoms with Crippen LogP contribution in [0.15, 0.2) is 12.1 Å². The summed E-state index contributed by atoms with van der Waals surface area (Å²) in [7, 11) is 0. The van der Waals surface area contributed by atoms with Crippen molar-refractivity contribution in [1.82, 2.24) is 9.88 Å². The first-order chi connectivity index (χ1) is 10.2. The normalized spacial score (nSPS) is 16.3. The largest absolute Gasteiger partial charge is 0.395 e. The average molecular weight is 291 g/mol. The van der Waals surface area contributed by atoms with E-state index in [0.717, 1.165) is 32.6 Å². The van der Waals surface area contributed by atoms with E-state index in [2.05, 4.69) is 9.88 Å². The topological polar surface area (TPSA) is 107 Å². The SMILES string of the molecule is N#Cc1nc(N2CCCN(CCO)CC2)ccc1[N+](=O)[O-]. The van der Waals surface area contributed by atoms with Gasteiger partial charge in [-0.15, -0.1) is 0 Å². The van der Waals surface area contributed by atoms with Crippen molar-refractivity contribution in [3.05, 3.63) is 27.9 Å². The van der Waals surface area contributed by atoms with Gasteiger partial charge in [0.05, 0.1) is 11.5 Å². The summed E-state index contributed by atoms with van der Waals surface area (Å²) in [5.74, 6) is 0.586. The quantitative estimate of drug-likeness (QED) is 0.630. The fourth-order valence-corrected chi connectivity index (χ4v) is 2.41. The zero-order valence-electron chi connectivity index (χ0n) is 11.6. The van der Waals surface area contributed by atoms with Crippen LogP contribution >= 0.6 is 0 Å². The van der Waals surface area contributed by atoms with Crippen molar-refractivity contribution in [3.8, 4) is 6.07 Å². The maximum Gasteiger partial charge on any atom is 0.305 e. The van der Waals surface area contributed by atoms with Gasteiger partial charge in [-0.2, -0.15) is 5.26 Å². The molecule has 1 aliphatic rings. The lowest BCUT2D eigenvalue weighted by atomic mass is 10.3. The first kappa shape index (κ1) is 15.2. The number of anilines is 1. The number of nitrogens with zero attached hydrogens (tertiary/aromatic N) is 5. The van der Waals surface area contributed by atoms with Crippen molar-refractivity contribution in [1.29, 1.82) is 5.26 Å². The lowest BCUT2D eigenvalue weighted by Crippen LogP contribution is -2.32. The third-order valence-corrected chi connectivity index (χ3v) is 3.49. The van der Waals surface area contributed by atoms with Crippen LogP contribution < -0.4 is 4.90 Å². The highest BCUT2D eigenvalue weighted by Gasteiger charge is 2.20. The standard InChI is InChI=1S/C13H17N5O3/c14-10-11-12(18(20)21)2-3-13(15-11)17-5-1-4-16(6-7-17)8-9-19/h2-3,19H,1,4-9H2. The second-order valence-electron chi connectivity index (χ2n) is 4.81. The Bertz CT molecular complexity index is 557. The Morgan fingerprint density at radius 1 is 1.38 bits per heavy atom. The Balaban J connectivity index is 2.15. The van der Waals surface area contributed by atoms with E-state index in [4.69, 9.17) is 10.4 Å². The highest BCUT2D eigenvalue weighted by atomic mass is 16.6.